The number of likely N-dealkylation sites (tertiary alicyclic amines) is 3. The van der Waals surface area contributed by atoms with Crippen LogP contribution in [0.2, 0.25) is 0 Å². The smallest absolute Gasteiger partial charge is 0.406 e. The van der Waals surface area contributed by atoms with Gasteiger partial charge in [-0.3, -0.25) is 9.59 Å². The number of ether oxygens (including phenoxy) is 1. The Morgan fingerprint density at radius 1 is 0.974 bits per heavy atom. The minimum atomic E-state index is -4.72. The van der Waals surface area contributed by atoms with Gasteiger partial charge >= 0.3 is 6.36 Å². The molecule has 210 valence electrons. The maximum atomic E-state index is 13.5. The molecule has 6 nitrogen and oxygen atoms in total. The van der Waals surface area contributed by atoms with E-state index in [-0.39, 0.29) is 23.0 Å². The third kappa shape index (κ3) is 6.24. The maximum Gasteiger partial charge on any atom is 0.573 e. The van der Waals surface area contributed by atoms with E-state index in [4.69, 9.17) is 0 Å². The Bertz CT molecular complexity index is 1150. The summed E-state index contributed by atoms with van der Waals surface area (Å²) in [5, 5.41) is 0. The maximum absolute atomic E-state index is 13.5. The first-order valence-corrected chi connectivity index (χ1v) is 13.8. The number of carbonyl (C=O) groups excluding carboxylic acids is 2. The van der Waals surface area contributed by atoms with Crippen molar-refractivity contribution < 1.29 is 27.5 Å². The van der Waals surface area contributed by atoms with Crippen LogP contribution >= 0.6 is 0 Å². The number of amides is 2. The van der Waals surface area contributed by atoms with Gasteiger partial charge in [0.25, 0.3) is 0 Å². The molecule has 0 bridgehead atoms. The highest BCUT2D eigenvalue weighted by Crippen LogP contribution is 2.43. The van der Waals surface area contributed by atoms with Crippen LogP contribution in [0, 0.1) is 11.3 Å². The molecule has 0 radical (unpaired) electrons. The van der Waals surface area contributed by atoms with Crippen molar-refractivity contribution in [3.05, 3.63) is 65.7 Å². The second kappa shape index (κ2) is 11.2. The van der Waals surface area contributed by atoms with E-state index in [0.29, 0.717) is 31.3 Å². The largest absolute Gasteiger partial charge is 0.573 e. The highest BCUT2D eigenvalue weighted by Gasteiger charge is 2.48. The molecule has 3 saturated heterocycles. The molecule has 2 amide bonds. The van der Waals surface area contributed by atoms with Crippen LogP contribution in [0.1, 0.15) is 49.7 Å². The number of carbonyl (C=O) groups is 2. The lowest BCUT2D eigenvalue weighted by Gasteiger charge is -2.39. The molecule has 9 heteroatoms. The Labute approximate surface area is 227 Å². The lowest BCUT2D eigenvalue weighted by atomic mass is 9.76. The molecule has 0 unspecified atom stereocenters. The van der Waals surface area contributed by atoms with E-state index < -0.39 is 6.36 Å². The lowest BCUT2D eigenvalue weighted by molar-refractivity contribution is -0.274. The van der Waals surface area contributed by atoms with Crippen molar-refractivity contribution in [2.45, 2.75) is 51.4 Å². The molecule has 3 aliphatic heterocycles. The fraction of sp³-hybridized carbons (Fsp3) is 0.533. The number of nitrogens with zero attached hydrogens (tertiary/aromatic N) is 3. The van der Waals surface area contributed by atoms with Gasteiger partial charge in [0.2, 0.25) is 11.8 Å². The third-order valence-corrected chi connectivity index (χ3v) is 8.76. The standard InChI is InChI=1S/C30H36F3N3O3/c1-2-27(37)36-20-24(26(21-36)23-6-4-3-5-7-23)19-34-15-12-29(13-16-34)14-17-35(28(29)38)18-22-8-10-25(11-9-22)39-30(31,32)33/h3-11,24,26H,2,12-21H2,1H3/t24-,26+/m0/s1. The summed E-state index contributed by atoms with van der Waals surface area (Å²) in [4.78, 5) is 32.3. The molecule has 0 aliphatic carbocycles. The van der Waals surface area contributed by atoms with Crippen LogP contribution in [-0.4, -0.2) is 72.1 Å². The Hall–Kier alpha value is -3.07. The second-order valence-corrected chi connectivity index (χ2v) is 11.2. The predicted molar refractivity (Wildman–Crippen MR) is 141 cm³/mol. The van der Waals surface area contributed by atoms with Gasteiger partial charge in [-0.05, 0) is 61.5 Å². The average Bonchev–Trinajstić information content (AvgIpc) is 3.47. The van der Waals surface area contributed by atoms with E-state index in [1.54, 1.807) is 12.1 Å². The molecule has 3 fully saturated rings. The second-order valence-electron chi connectivity index (χ2n) is 11.2. The van der Waals surface area contributed by atoms with Crippen molar-refractivity contribution in [3.63, 3.8) is 0 Å². The van der Waals surface area contributed by atoms with E-state index in [2.05, 4.69) is 33.9 Å². The van der Waals surface area contributed by atoms with Gasteiger partial charge in [0, 0.05) is 45.1 Å². The normalized spacial score (nSPS) is 23.5. The molecule has 0 aromatic heterocycles. The topological polar surface area (TPSA) is 53.1 Å². The summed E-state index contributed by atoms with van der Waals surface area (Å²) in [5.74, 6) is 0.767. The minimum Gasteiger partial charge on any atom is -0.406 e. The molecule has 1 spiro atoms. The summed E-state index contributed by atoms with van der Waals surface area (Å²) in [5.41, 5.74) is 1.71. The van der Waals surface area contributed by atoms with Gasteiger partial charge in [0.15, 0.2) is 0 Å². The van der Waals surface area contributed by atoms with Gasteiger partial charge in [-0.2, -0.15) is 0 Å². The zero-order valence-electron chi connectivity index (χ0n) is 22.3. The number of benzene rings is 2. The zero-order valence-corrected chi connectivity index (χ0v) is 22.3. The van der Waals surface area contributed by atoms with Crippen LogP contribution in [0.15, 0.2) is 54.6 Å². The third-order valence-electron chi connectivity index (χ3n) is 8.76. The van der Waals surface area contributed by atoms with Crippen LogP contribution in [0.3, 0.4) is 0 Å². The summed E-state index contributed by atoms with van der Waals surface area (Å²) in [6.07, 6.45) is -1.78. The van der Waals surface area contributed by atoms with Gasteiger partial charge in [-0.25, -0.2) is 0 Å². The molecule has 3 heterocycles. The SMILES string of the molecule is CCC(=O)N1C[C@H](CN2CCC3(CC2)CCN(Cc2ccc(OC(F)(F)F)cc2)C3=O)[C@@H](c2ccccc2)C1. The zero-order chi connectivity index (χ0) is 27.6. The van der Waals surface area contributed by atoms with E-state index in [9.17, 15) is 22.8 Å². The number of rotatable bonds is 7. The first-order chi connectivity index (χ1) is 18.7. The van der Waals surface area contributed by atoms with Gasteiger partial charge in [-0.15, -0.1) is 13.2 Å². The van der Waals surface area contributed by atoms with Gasteiger partial charge in [0.05, 0.1) is 5.41 Å². The van der Waals surface area contributed by atoms with E-state index in [0.717, 1.165) is 57.5 Å². The quantitative estimate of drug-likeness (QED) is 0.491. The molecule has 0 saturated carbocycles. The summed E-state index contributed by atoms with van der Waals surface area (Å²) < 4.78 is 41.2. The van der Waals surface area contributed by atoms with Crippen molar-refractivity contribution in [1.29, 1.82) is 0 Å². The first kappa shape index (κ1) is 27.5. The van der Waals surface area contributed by atoms with E-state index in [1.165, 1.54) is 17.7 Å². The van der Waals surface area contributed by atoms with Crippen LogP contribution < -0.4 is 4.74 Å². The Balaban J connectivity index is 1.17. The molecular formula is C30H36F3N3O3. The summed E-state index contributed by atoms with van der Waals surface area (Å²) >= 11 is 0. The number of hydrogen-bond donors (Lipinski definition) is 0. The fourth-order valence-electron chi connectivity index (χ4n) is 6.58. The molecule has 3 aliphatic rings. The minimum absolute atomic E-state index is 0.153. The number of hydrogen-bond acceptors (Lipinski definition) is 4. The van der Waals surface area contributed by atoms with Crippen molar-refractivity contribution in [3.8, 4) is 5.75 Å². The lowest BCUT2D eigenvalue weighted by Crippen LogP contribution is -2.46. The van der Waals surface area contributed by atoms with Crippen molar-refractivity contribution in [1.82, 2.24) is 14.7 Å². The highest BCUT2D eigenvalue weighted by molar-refractivity contribution is 5.85. The molecular weight excluding hydrogens is 507 g/mol. The highest BCUT2D eigenvalue weighted by atomic mass is 19.4. The number of halogens is 3. The number of piperidine rings is 1. The van der Waals surface area contributed by atoms with Crippen LogP contribution in [0.25, 0.3) is 0 Å². The Kier molecular flexibility index (Phi) is 7.89. The van der Waals surface area contributed by atoms with Gasteiger partial charge < -0.3 is 19.4 Å². The fourth-order valence-corrected chi connectivity index (χ4v) is 6.58. The molecule has 5 rings (SSSR count). The van der Waals surface area contributed by atoms with Crippen molar-refractivity contribution in [2.75, 3.05) is 39.3 Å². The van der Waals surface area contributed by atoms with Gasteiger partial charge in [-0.1, -0.05) is 49.4 Å². The first-order valence-electron chi connectivity index (χ1n) is 13.8. The van der Waals surface area contributed by atoms with E-state index >= 15 is 0 Å². The Morgan fingerprint density at radius 3 is 2.28 bits per heavy atom. The van der Waals surface area contributed by atoms with Crippen LogP contribution in [0.4, 0.5) is 13.2 Å². The summed E-state index contributed by atoms with van der Waals surface area (Å²) in [7, 11) is 0. The van der Waals surface area contributed by atoms with E-state index in [1.807, 2.05) is 22.8 Å². The van der Waals surface area contributed by atoms with Crippen molar-refractivity contribution in [2.24, 2.45) is 11.3 Å². The monoisotopic (exact) mass is 543 g/mol. The van der Waals surface area contributed by atoms with Crippen LogP contribution in [0.5, 0.6) is 5.75 Å². The molecule has 0 N–H and O–H groups in total. The summed E-state index contributed by atoms with van der Waals surface area (Å²) in [6.45, 7) is 7.10. The molecule has 2 aromatic carbocycles. The summed E-state index contributed by atoms with van der Waals surface area (Å²) in [6, 6.07) is 16.2. The predicted octanol–water partition coefficient (Wildman–Crippen LogP) is 5.05. The average molecular weight is 544 g/mol. The molecule has 39 heavy (non-hydrogen) atoms. The molecule has 2 aromatic rings. The van der Waals surface area contributed by atoms with Gasteiger partial charge in [0.1, 0.15) is 5.75 Å². The van der Waals surface area contributed by atoms with Crippen molar-refractivity contribution >= 4 is 11.8 Å². The Morgan fingerprint density at radius 2 is 1.64 bits per heavy atom. The molecule has 2 atom stereocenters. The van der Waals surface area contributed by atoms with Crippen LogP contribution in [-0.2, 0) is 16.1 Å². The number of alkyl halides is 3.